The van der Waals surface area contributed by atoms with Crippen LogP contribution >= 0.6 is 0 Å². The van der Waals surface area contributed by atoms with Gasteiger partial charge < -0.3 is 0 Å². The summed E-state index contributed by atoms with van der Waals surface area (Å²) in [5, 5.41) is 0. The summed E-state index contributed by atoms with van der Waals surface area (Å²) in [5.41, 5.74) is 0. The Balaban J connectivity index is 0.0000000996. The van der Waals surface area contributed by atoms with Gasteiger partial charge in [-0.3, -0.25) is 4.79 Å². The second-order valence-electron chi connectivity index (χ2n) is 9.59. The van der Waals surface area contributed by atoms with Gasteiger partial charge in [0.15, 0.2) is 0 Å². The van der Waals surface area contributed by atoms with Crippen LogP contribution in [0.15, 0.2) is 0 Å². The van der Waals surface area contributed by atoms with Crippen molar-refractivity contribution in [3.63, 3.8) is 0 Å². The number of ketones is 1. The number of Topliss-reactive ketones (excluding diaryl/α,β-unsaturated/α-hetero) is 1. The summed E-state index contributed by atoms with van der Waals surface area (Å²) in [5.74, 6) is 8.22. The Morgan fingerprint density at radius 1 is 0.429 bits per heavy atom. The second kappa shape index (κ2) is 4.83. The number of hydrogen-bond acceptors (Lipinski definition) is 1. The molecule has 8 bridgehead atoms. The molecule has 1 heteroatoms. The first-order valence-corrected chi connectivity index (χ1v) is 9.76. The Morgan fingerprint density at radius 2 is 0.667 bits per heavy atom. The van der Waals surface area contributed by atoms with Gasteiger partial charge in [-0.15, -0.1) is 0 Å². The van der Waals surface area contributed by atoms with E-state index in [-0.39, 0.29) is 0 Å². The highest BCUT2D eigenvalue weighted by molar-refractivity contribution is 5.85. The molecular formula is C20H30O. The van der Waals surface area contributed by atoms with Crippen molar-refractivity contribution in [2.75, 3.05) is 0 Å². The second-order valence-corrected chi connectivity index (χ2v) is 9.59. The van der Waals surface area contributed by atoms with Crippen molar-refractivity contribution in [2.45, 2.75) is 70.6 Å². The molecule has 0 saturated heterocycles. The standard InChI is InChI=1S/C10H14O.C10H16/c11-10-8-2-6-1-7(4-8)5-9(10)3-6;1-7-2-9-4-8(1)5-10(3-7)6-9/h6-9H,1-5H2;7-10H,1-6H2. The van der Waals surface area contributed by atoms with Gasteiger partial charge in [-0.25, -0.2) is 0 Å². The summed E-state index contributed by atoms with van der Waals surface area (Å²) in [6.07, 6.45) is 16.0. The normalized spacial score (nSPS) is 55.5. The molecule has 0 aromatic rings. The summed E-state index contributed by atoms with van der Waals surface area (Å²) >= 11 is 0. The lowest BCUT2D eigenvalue weighted by Crippen LogP contribution is -2.45. The highest BCUT2D eigenvalue weighted by Gasteiger charge is 2.47. The zero-order valence-corrected chi connectivity index (χ0v) is 13.3. The number of carbonyl (C=O) groups is 1. The van der Waals surface area contributed by atoms with Crippen molar-refractivity contribution in [3.05, 3.63) is 0 Å². The van der Waals surface area contributed by atoms with Crippen molar-refractivity contribution in [2.24, 2.45) is 47.3 Å². The Labute approximate surface area is 129 Å². The van der Waals surface area contributed by atoms with Crippen molar-refractivity contribution in [3.8, 4) is 0 Å². The highest BCUT2D eigenvalue weighted by atomic mass is 16.1. The first kappa shape index (κ1) is 13.1. The zero-order valence-electron chi connectivity index (χ0n) is 13.3. The zero-order chi connectivity index (χ0) is 14.0. The van der Waals surface area contributed by atoms with Crippen LogP contribution in [0.4, 0.5) is 0 Å². The molecule has 8 aliphatic rings. The molecule has 0 atom stereocenters. The molecule has 0 unspecified atom stereocenters. The minimum absolute atomic E-state index is 0.506. The molecule has 21 heavy (non-hydrogen) atoms. The largest absolute Gasteiger partial charge is 0.299 e. The molecule has 0 aromatic heterocycles. The molecule has 0 spiro atoms. The van der Waals surface area contributed by atoms with Crippen LogP contribution in [-0.4, -0.2) is 5.78 Å². The van der Waals surface area contributed by atoms with E-state index in [1.807, 2.05) is 0 Å². The lowest BCUT2D eigenvalue weighted by atomic mass is 9.56. The van der Waals surface area contributed by atoms with E-state index < -0.39 is 0 Å². The smallest absolute Gasteiger partial charge is 0.139 e. The van der Waals surface area contributed by atoms with Crippen LogP contribution in [0.2, 0.25) is 0 Å². The van der Waals surface area contributed by atoms with Gasteiger partial charge >= 0.3 is 0 Å². The van der Waals surface area contributed by atoms with Crippen LogP contribution < -0.4 is 0 Å². The molecule has 0 aromatic carbocycles. The maximum atomic E-state index is 11.6. The van der Waals surface area contributed by atoms with Gasteiger partial charge in [0.05, 0.1) is 0 Å². The van der Waals surface area contributed by atoms with Crippen LogP contribution in [0.25, 0.3) is 0 Å². The molecule has 116 valence electrons. The number of carbonyl (C=O) groups excluding carboxylic acids is 1. The van der Waals surface area contributed by atoms with Gasteiger partial charge in [0.25, 0.3) is 0 Å². The summed E-state index contributed by atoms with van der Waals surface area (Å²) < 4.78 is 0. The van der Waals surface area contributed by atoms with Crippen molar-refractivity contribution >= 4 is 5.78 Å². The van der Waals surface area contributed by atoms with Crippen molar-refractivity contribution < 1.29 is 4.79 Å². The predicted octanol–water partition coefficient (Wildman–Crippen LogP) is 4.84. The SMILES string of the molecule is C1C2CC3CC1CC(C2)C3.O=C1C2CC3CC(C2)CC1C3. The van der Waals surface area contributed by atoms with Crippen LogP contribution in [0.5, 0.6) is 0 Å². The topological polar surface area (TPSA) is 17.1 Å². The fraction of sp³-hybridized carbons (Fsp3) is 0.950. The fourth-order valence-electron chi connectivity index (χ4n) is 7.63. The molecule has 0 aliphatic heterocycles. The van der Waals surface area contributed by atoms with E-state index in [1.165, 1.54) is 55.8 Å². The van der Waals surface area contributed by atoms with Gasteiger partial charge in [0.2, 0.25) is 0 Å². The van der Waals surface area contributed by atoms with Gasteiger partial charge in [-0.05, 0) is 106 Å². The molecule has 0 radical (unpaired) electrons. The van der Waals surface area contributed by atoms with Gasteiger partial charge in [-0.1, -0.05) is 0 Å². The molecule has 1 nitrogen and oxygen atoms in total. The van der Waals surface area contributed by atoms with Crippen LogP contribution in [0, 0.1) is 47.3 Å². The third kappa shape index (κ3) is 2.30. The monoisotopic (exact) mass is 286 g/mol. The Morgan fingerprint density at radius 3 is 0.952 bits per heavy atom. The number of hydrogen-bond donors (Lipinski definition) is 0. The van der Waals surface area contributed by atoms with E-state index in [4.69, 9.17) is 0 Å². The van der Waals surface area contributed by atoms with Gasteiger partial charge in [-0.2, -0.15) is 0 Å². The average Bonchev–Trinajstić information content (AvgIpc) is 2.43. The molecular weight excluding hydrogens is 256 g/mol. The third-order valence-electron chi connectivity index (χ3n) is 7.94. The average molecular weight is 286 g/mol. The van der Waals surface area contributed by atoms with Crippen LogP contribution in [0.3, 0.4) is 0 Å². The Kier molecular flexibility index (Phi) is 3.02. The molecule has 0 amide bonds. The van der Waals surface area contributed by atoms with E-state index in [0.29, 0.717) is 17.6 Å². The fourth-order valence-corrected chi connectivity index (χ4v) is 7.63. The highest BCUT2D eigenvalue weighted by Crippen LogP contribution is 2.53. The quantitative estimate of drug-likeness (QED) is 0.622. The van der Waals surface area contributed by atoms with E-state index in [2.05, 4.69) is 0 Å². The molecule has 0 heterocycles. The van der Waals surface area contributed by atoms with E-state index >= 15 is 0 Å². The van der Waals surface area contributed by atoms with Crippen LogP contribution in [0.1, 0.15) is 70.6 Å². The minimum atomic E-state index is 0.506. The summed E-state index contributed by atoms with van der Waals surface area (Å²) in [4.78, 5) is 11.6. The van der Waals surface area contributed by atoms with Crippen molar-refractivity contribution in [1.82, 2.24) is 0 Å². The maximum Gasteiger partial charge on any atom is 0.139 e. The lowest BCUT2D eigenvalue weighted by Gasteiger charge is -2.49. The maximum absolute atomic E-state index is 11.6. The molecule has 8 rings (SSSR count). The number of rotatable bonds is 0. The Hall–Kier alpha value is -0.330. The molecule has 8 aliphatic carbocycles. The van der Waals surface area contributed by atoms with Gasteiger partial charge in [0.1, 0.15) is 5.78 Å². The van der Waals surface area contributed by atoms with E-state index in [0.717, 1.165) is 11.8 Å². The first-order valence-electron chi connectivity index (χ1n) is 9.76. The molecule has 0 N–H and O–H groups in total. The Bertz CT molecular complexity index is 351. The minimum Gasteiger partial charge on any atom is -0.299 e. The molecule has 8 fully saturated rings. The molecule has 8 saturated carbocycles. The predicted molar refractivity (Wildman–Crippen MR) is 83.7 cm³/mol. The summed E-state index contributed by atoms with van der Waals surface area (Å²) in [7, 11) is 0. The van der Waals surface area contributed by atoms with Gasteiger partial charge in [0, 0.05) is 11.8 Å². The van der Waals surface area contributed by atoms with Crippen molar-refractivity contribution in [1.29, 1.82) is 0 Å². The summed E-state index contributed by atoms with van der Waals surface area (Å²) in [6, 6.07) is 0. The lowest BCUT2D eigenvalue weighted by molar-refractivity contribution is -0.139. The first-order chi connectivity index (χ1) is 10.2. The van der Waals surface area contributed by atoms with E-state index in [1.54, 1.807) is 38.5 Å². The van der Waals surface area contributed by atoms with Crippen LogP contribution in [-0.2, 0) is 4.79 Å². The third-order valence-corrected chi connectivity index (χ3v) is 7.94. The van der Waals surface area contributed by atoms with E-state index in [9.17, 15) is 4.79 Å². The summed E-state index contributed by atoms with van der Waals surface area (Å²) in [6.45, 7) is 0.